The van der Waals surface area contributed by atoms with Crippen LogP contribution in [0.4, 0.5) is 14.9 Å². The molecule has 41 heavy (non-hydrogen) atoms. The third-order valence-electron chi connectivity index (χ3n) is 8.60. The Morgan fingerprint density at radius 1 is 1.12 bits per heavy atom. The highest BCUT2D eigenvalue weighted by Gasteiger charge is 2.39. The van der Waals surface area contributed by atoms with Crippen LogP contribution in [-0.4, -0.2) is 66.6 Å². The second kappa shape index (κ2) is 11.5. The van der Waals surface area contributed by atoms with Crippen molar-refractivity contribution >= 4 is 23.5 Å². The Balaban J connectivity index is 1.37. The van der Waals surface area contributed by atoms with E-state index in [1.165, 1.54) is 6.07 Å². The molecule has 2 amide bonds. The van der Waals surface area contributed by atoms with Crippen molar-refractivity contribution in [1.82, 2.24) is 14.8 Å². The number of likely N-dealkylation sites (N-methyl/N-ethyl adjacent to an activating group) is 1. The van der Waals surface area contributed by atoms with Crippen LogP contribution in [-0.2, 0) is 24.0 Å². The molecule has 222 valence electrons. The molecule has 0 atom stereocenters. The highest BCUT2D eigenvalue weighted by atomic mass is 19.1. The summed E-state index contributed by atoms with van der Waals surface area (Å²) in [5.74, 6) is -1.36. The van der Waals surface area contributed by atoms with Gasteiger partial charge in [0.15, 0.2) is 5.78 Å². The number of halogens is 1. The van der Waals surface area contributed by atoms with Crippen molar-refractivity contribution in [2.75, 3.05) is 32.5 Å². The van der Waals surface area contributed by atoms with Crippen molar-refractivity contribution in [3.05, 3.63) is 46.0 Å². The molecular formula is C31H42FN5O4. The minimum atomic E-state index is -0.834. The molecule has 0 unspecified atom stereocenters. The summed E-state index contributed by atoms with van der Waals surface area (Å²) in [6.45, 7) is 5.42. The van der Waals surface area contributed by atoms with Gasteiger partial charge in [-0.2, -0.15) is 0 Å². The topological polar surface area (TPSA) is 119 Å². The predicted octanol–water partition coefficient (Wildman–Crippen LogP) is 4.37. The highest BCUT2D eigenvalue weighted by molar-refractivity contribution is 6.01. The van der Waals surface area contributed by atoms with Crippen molar-refractivity contribution in [3.63, 3.8) is 0 Å². The van der Waals surface area contributed by atoms with Crippen LogP contribution in [0, 0.1) is 11.2 Å². The first-order chi connectivity index (χ1) is 19.4. The lowest BCUT2D eigenvalue weighted by Gasteiger charge is -2.31. The molecule has 3 aliphatic carbocycles. The van der Waals surface area contributed by atoms with Crippen molar-refractivity contribution in [3.8, 4) is 5.69 Å². The maximum absolute atomic E-state index is 15.6. The van der Waals surface area contributed by atoms with Crippen LogP contribution in [0.15, 0.2) is 12.1 Å². The van der Waals surface area contributed by atoms with Crippen LogP contribution in [0.25, 0.3) is 5.69 Å². The summed E-state index contributed by atoms with van der Waals surface area (Å²) >= 11 is 0. The number of fused-ring (bicyclic) bond motifs is 3. The summed E-state index contributed by atoms with van der Waals surface area (Å²) in [7, 11) is 3.88. The molecule has 0 bridgehead atoms. The number of amides is 2. The predicted molar refractivity (Wildman–Crippen MR) is 155 cm³/mol. The molecule has 2 aromatic rings. The fourth-order valence-corrected chi connectivity index (χ4v) is 6.75. The average Bonchev–Trinajstić information content (AvgIpc) is 3.43. The van der Waals surface area contributed by atoms with Gasteiger partial charge >= 0.3 is 6.09 Å². The number of Topliss-reactive ketones (excluding diaryl/α,β-unsaturated/α-hetero) is 1. The molecule has 5 rings (SSSR count). The van der Waals surface area contributed by atoms with Crippen LogP contribution in [0.5, 0.6) is 0 Å². The number of ether oxygens (including phenoxy) is 1. The number of ketones is 1. The van der Waals surface area contributed by atoms with Gasteiger partial charge in [-0.3, -0.25) is 9.59 Å². The lowest BCUT2D eigenvalue weighted by molar-refractivity contribution is 0.0728. The Kier molecular flexibility index (Phi) is 8.14. The van der Waals surface area contributed by atoms with E-state index >= 15 is 4.39 Å². The van der Waals surface area contributed by atoms with E-state index in [1.807, 2.05) is 19.0 Å². The van der Waals surface area contributed by atoms with Gasteiger partial charge in [-0.05, 0) is 88.6 Å². The molecule has 0 spiro atoms. The molecule has 0 aliphatic heterocycles. The molecular weight excluding hydrogens is 525 g/mol. The van der Waals surface area contributed by atoms with Gasteiger partial charge in [-0.25, -0.2) is 9.18 Å². The number of nitrogens with zero attached hydrogens (tertiary/aromatic N) is 2. The smallest absolute Gasteiger partial charge is 0.407 e. The Bertz CT molecular complexity index is 1360. The molecule has 0 saturated heterocycles. The molecule has 1 aromatic carbocycles. The summed E-state index contributed by atoms with van der Waals surface area (Å²) in [4.78, 5) is 39.7. The van der Waals surface area contributed by atoms with Gasteiger partial charge in [0.25, 0.3) is 5.91 Å². The molecule has 10 heteroatoms. The third-order valence-corrected chi connectivity index (χ3v) is 8.60. The number of nitrogens with two attached hydrogens (primary N) is 1. The Morgan fingerprint density at radius 2 is 1.85 bits per heavy atom. The van der Waals surface area contributed by atoms with Crippen molar-refractivity contribution in [2.45, 2.75) is 83.8 Å². The van der Waals surface area contributed by atoms with Crippen LogP contribution >= 0.6 is 0 Å². The molecule has 4 N–H and O–H groups in total. The number of primary amides is 1. The number of alkyl carbamates (subject to hydrolysis) is 1. The van der Waals surface area contributed by atoms with Gasteiger partial charge in [-0.15, -0.1) is 0 Å². The minimum absolute atomic E-state index is 0.0378. The zero-order chi connectivity index (χ0) is 29.5. The first kappa shape index (κ1) is 29.1. The van der Waals surface area contributed by atoms with E-state index in [0.717, 1.165) is 54.7 Å². The van der Waals surface area contributed by atoms with Gasteiger partial charge in [0.05, 0.1) is 16.9 Å². The van der Waals surface area contributed by atoms with E-state index in [1.54, 1.807) is 6.07 Å². The summed E-state index contributed by atoms with van der Waals surface area (Å²) < 4.78 is 23.2. The third kappa shape index (κ3) is 6.12. The monoisotopic (exact) mass is 567 g/mol. The Hall–Kier alpha value is -3.40. The molecule has 3 aliphatic rings. The first-order valence-electron chi connectivity index (χ1n) is 14.7. The summed E-state index contributed by atoms with van der Waals surface area (Å²) in [5.41, 5.74) is 10.2. The molecule has 1 saturated carbocycles. The fraction of sp³-hybridized carbons (Fsp3) is 0.581. The molecule has 0 radical (unpaired) electrons. The van der Waals surface area contributed by atoms with Gasteiger partial charge < -0.3 is 30.6 Å². The quantitative estimate of drug-likeness (QED) is 0.436. The van der Waals surface area contributed by atoms with E-state index in [0.29, 0.717) is 50.0 Å². The normalized spacial score (nSPS) is 21.4. The number of nitrogens with one attached hydrogen (secondary N) is 2. The number of rotatable bonds is 8. The van der Waals surface area contributed by atoms with Crippen LogP contribution in [0.2, 0.25) is 0 Å². The van der Waals surface area contributed by atoms with Crippen molar-refractivity contribution in [2.24, 2.45) is 11.1 Å². The van der Waals surface area contributed by atoms with Gasteiger partial charge in [0, 0.05) is 42.5 Å². The lowest BCUT2D eigenvalue weighted by Crippen LogP contribution is -2.37. The fourth-order valence-electron chi connectivity index (χ4n) is 6.75. The number of aromatic nitrogens is 1. The number of hydrogen-bond acceptors (Lipinski definition) is 6. The average molecular weight is 568 g/mol. The van der Waals surface area contributed by atoms with Crippen LogP contribution in [0.1, 0.15) is 90.0 Å². The van der Waals surface area contributed by atoms with Gasteiger partial charge in [0.1, 0.15) is 11.9 Å². The molecule has 9 nitrogen and oxygen atoms in total. The Labute approximate surface area is 241 Å². The van der Waals surface area contributed by atoms with Gasteiger partial charge in [0.2, 0.25) is 0 Å². The summed E-state index contributed by atoms with van der Waals surface area (Å²) in [6.07, 6.45) is 5.93. The lowest BCUT2D eigenvalue weighted by atomic mass is 9.75. The van der Waals surface area contributed by atoms with E-state index in [4.69, 9.17) is 10.5 Å². The number of carbonyl (C=O) groups excluding carboxylic acids is 3. The van der Waals surface area contributed by atoms with Crippen molar-refractivity contribution in [1.29, 1.82) is 0 Å². The zero-order valence-corrected chi connectivity index (χ0v) is 24.6. The number of benzene rings is 1. The first-order valence-corrected chi connectivity index (χ1v) is 14.7. The molecule has 1 aromatic heterocycles. The molecule has 1 heterocycles. The minimum Gasteiger partial charge on any atom is -0.446 e. The van der Waals surface area contributed by atoms with Crippen LogP contribution in [0.3, 0.4) is 0 Å². The second-order valence-corrected chi connectivity index (χ2v) is 12.8. The number of hydrogen-bond donors (Lipinski definition) is 3. The van der Waals surface area contributed by atoms with E-state index in [2.05, 4.69) is 29.0 Å². The number of anilines is 1. The van der Waals surface area contributed by atoms with E-state index in [9.17, 15) is 14.4 Å². The largest absolute Gasteiger partial charge is 0.446 e. The highest BCUT2D eigenvalue weighted by Crippen LogP contribution is 2.43. The molecule has 1 fully saturated rings. The summed E-state index contributed by atoms with van der Waals surface area (Å²) in [5, 5.41) is 6.15. The van der Waals surface area contributed by atoms with Crippen LogP contribution < -0.4 is 16.4 Å². The maximum Gasteiger partial charge on any atom is 0.407 e. The van der Waals surface area contributed by atoms with Crippen molar-refractivity contribution < 1.29 is 23.5 Å². The van der Waals surface area contributed by atoms with E-state index in [-0.39, 0.29) is 28.9 Å². The standard InChI is InChI=1S/C31H42FN5O4/c1-31(2)16-25-27(26(38)17-31)21-6-5-7-24(21)37(25)19-14-22(32)28(29(33)39)23(15-19)35-18-8-10-20(11-9-18)41-30(40)34-12-13-36(3)4/h14-15,18,20,35H,5-13,16-17H2,1-4H3,(H2,33,39)(H,34,40)/t18-,20-. The van der Waals surface area contributed by atoms with Gasteiger partial charge in [-0.1, -0.05) is 13.8 Å². The number of carbonyl (C=O) groups is 3. The summed E-state index contributed by atoms with van der Waals surface area (Å²) in [6, 6.07) is 3.13. The Morgan fingerprint density at radius 3 is 2.54 bits per heavy atom. The zero-order valence-electron chi connectivity index (χ0n) is 24.6. The second-order valence-electron chi connectivity index (χ2n) is 12.8. The SMILES string of the molecule is CN(C)CCNC(=O)O[C@H]1CC[C@H](Nc2cc(-n3c4c(c5c3CC(C)(C)CC5=O)CCC4)cc(F)c2C(N)=O)CC1. The maximum atomic E-state index is 15.6. The van der Waals surface area contributed by atoms with E-state index < -0.39 is 17.8 Å².